The molecule has 0 saturated heterocycles. The molecule has 23 heavy (non-hydrogen) atoms. The van der Waals surface area contributed by atoms with Gasteiger partial charge in [0.2, 0.25) is 0 Å². The summed E-state index contributed by atoms with van der Waals surface area (Å²) < 4.78 is 7.55. The van der Waals surface area contributed by atoms with Crippen LogP contribution in [0.3, 0.4) is 0 Å². The third-order valence-electron chi connectivity index (χ3n) is 4.04. The summed E-state index contributed by atoms with van der Waals surface area (Å²) >= 11 is 0. The standard InChI is InChI=1S/C20H22N2O/c1-16(18-8-4-3-5-9-18)21-15-17-10-11-20(23-2)19(14-17)22-12-6-7-13-22/h3-14,16,21H,15H2,1-2H3. The Bertz CT molecular complexity index is 736. The van der Waals surface area contributed by atoms with Crippen molar-refractivity contribution in [3.63, 3.8) is 0 Å². The zero-order valence-electron chi connectivity index (χ0n) is 13.6. The van der Waals surface area contributed by atoms with Gasteiger partial charge in [-0.15, -0.1) is 0 Å². The van der Waals surface area contributed by atoms with Gasteiger partial charge in [-0.3, -0.25) is 0 Å². The maximum Gasteiger partial charge on any atom is 0.142 e. The second-order valence-corrected chi connectivity index (χ2v) is 5.61. The lowest BCUT2D eigenvalue weighted by molar-refractivity contribution is 0.412. The average molecular weight is 306 g/mol. The molecule has 0 spiro atoms. The van der Waals surface area contributed by atoms with Crippen LogP contribution < -0.4 is 10.1 Å². The predicted octanol–water partition coefficient (Wildman–Crippen LogP) is 4.34. The average Bonchev–Trinajstić information content (AvgIpc) is 3.14. The summed E-state index contributed by atoms with van der Waals surface area (Å²) in [6.07, 6.45) is 4.06. The topological polar surface area (TPSA) is 26.2 Å². The first kappa shape index (κ1) is 15.4. The van der Waals surface area contributed by atoms with E-state index in [1.54, 1.807) is 7.11 Å². The van der Waals surface area contributed by atoms with E-state index in [0.717, 1.165) is 18.0 Å². The second-order valence-electron chi connectivity index (χ2n) is 5.61. The number of methoxy groups -OCH3 is 1. The van der Waals surface area contributed by atoms with Gasteiger partial charge in [0.05, 0.1) is 12.8 Å². The van der Waals surface area contributed by atoms with Gasteiger partial charge in [0.15, 0.2) is 0 Å². The fourth-order valence-electron chi connectivity index (χ4n) is 2.67. The summed E-state index contributed by atoms with van der Waals surface area (Å²) in [5.41, 5.74) is 3.59. The molecule has 1 unspecified atom stereocenters. The number of hydrogen-bond donors (Lipinski definition) is 1. The Labute approximate surface area is 137 Å². The lowest BCUT2D eigenvalue weighted by atomic mass is 10.1. The second kappa shape index (κ2) is 7.16. The highest BCUT2D eigenvalue weighted by Crippen LogP contribution is 2.24. The molecule has 0 aliphatic carbocycles. The predicted molar refractivity (Wildman–Crippen MR) is 94.0 cm³/mol. The Hall–Kier alpha value is -2.52. The van der Waals surface area contributed by atoms with Gasteiger partial charge in [0, 0.05) is 25.0 Å². The largest absolute Gasteiger partial charge is 0.495 e. The summed E-state index contributed by atoms with van der Waals surface area (Å²) in [6, 6.07) is 21.1. The van der Waals surface area contributed by atoms with Crippen LogP contribution >= 0.6 is 0 Å². The van der Waals surface area contributed by atoms with Crippen LogP contribution in [-0.4, -0.2) is 11.7 Å². The molecule has 3 heteroatoms. The zero-order chi connectivity index (χ0) is 16.1. The van der Waals surface area contributed by atoms with Crippen molar-refractivity contribution in [2.24, 2.45) is 0 Å². The third kappa shape index (κ3) is 3.63. The Balaban J connectivity index is 1.75. The molecule has 3 nitrogen and oxygen atoms in total. The molecular weight excluding hydrogens is 284 g/mol. The number of ether oxygens (including phenoxy) is 1. The van der Waals surface area contributed by atoms with Crippen LogP contribution in [0.2, 0.25) is 0 Å². The molecule has 118 valence electrons. The number of nitrogens with one attached hydrogen (secondary N) is 1. The smallest absolute Gasteiger partial charge is 0.142 e. The molecule has 1 N–H and O–H groups in total. The molecule has 0 amide bonds. The van der Waals surface area contributed by atoms with Gasteiger partial charge in [0.1, 0.15) is 5.75 Å². The van der Waals surface area contributed by atoms with Gasteiger partial charge in [-0.1, -0.05) is 36.4 Å². The number of rotatable bonds is 6. The van der Waals surface area contributed by atoms with E-state index in [0.29, 0.717) is 6.04 Å². The summed E-state index contributed by atoms with van der Waals surface area (Å²) in [6.45, 7) is 3.00. The van der Waals surface area contributed by atoms with Crippen LogP contribution in [0.1, 0.15) is 24.1 Å². The van der Waals surface area contributed by atoms with Gasteiger partial charge < -0.3 is 14.6 Å². The summed E-state index contributed by atoms with van der Waals surface area (Å²) in [4.78, 5) is 0. The molecule has 0 aliphatic rings. The Morgan fingerprint density at radius 1 is 1.00 bits per heavy atom. The van der Waals surface area contributed by atoms with Crippen molar-refractivity contribution in [3.8, 4) is 11.4 Å². The number of nitrogens with zero attached hydrogens (tertiary/aromatic N) is 1. The molecule has 3 aromatic rings. The Kier molecular flexibility index (Phi) is 4.79. The highest BCUT2D eigenvalue weighted by molar-refractivity contribution is 5.49. The van der Waals surface area contributed by atoms with E-state index < -0.39 is 0 Å². The van der Waals surface area contributed by atoms with E-state index in [-0.39, 0.29) is 0 Å². The molecular formula is C20H22N2O. The molecule has 0 bridgehead atoms. The first-order valence-corrected chi connectivity index (χ1v) is 7.86. The Morgan fingerprint density at radius 2 is 1.74 bits per heavy atom. The number of hydrogen-bond acceptors (Lipinski definition) is 2. The SMILES string of the molecule is COc1ccc(CNC(C)c2ccccc2)cc1-n1cccc1. The maximum absolute atomic E-state index is 5.48. The minimum absolute atomic E-state index is 0.313. The lowest BCUT2D eigenvalue weighted by Crippen LogP contribution is -2.18. The number of benzene rings is 2. The summed E-state index contributed by atoms with van der Waals surface area (Å²) in [7, 11) is 1.71. The quantitative estimate of drug-likeness (QED) is 0.733. The van der Waals surface area contributed by atoms with E-state index in [1.807, 2.05) is 36.7 Å². The minimum atomic E-state index is 0.313. The molecule has 2 aromatic carbocycles. The van der Waals surface area contributed by atoms with Crippen LogP contribution in [0.25, 0.3) is 5.69 Å². The van der Waals surface area contributed by atoms with Gasteiger partial charge >= 0.3 is 0 Å². The van der Waals surface area contributed by atoms with Crippen LogP contribution in [0.15, 0.2) is 73.1 Å². The van der Waals surface area contributed by atoms with Crippen molar-refractivity contribution in [2.45, 2.75) is 19.5 Å². The Morgan fingerprint density at radius 3 is 2.43 bits per heavy atom. The number of aromatic nitrogens is 1. The van der Waals surface area contributed by atoms with Gasteiger partial charge in [-0.05, 0) is 42.3 Å². The monoisotopic (exact) mass is 306 g/mol. The third-order valence-corrected chi connectivity index (χ3v) is 4.04. The van der Waals surface area contributed by atoms with Crippen molar-refractivity contribution in [3.05, 3.63) is 84.2 Å². The fourth-order valence-corrected chi connectivity index (χ4v) is 2.67. The van der Waals surface area contributed by atoms with Crippen LogP contribution in [0.5, 0.6) is 5.75 Å². The van der Waals surface area contributed by atoms with Crippen molar-refractivity contribution in [2.75, 3.05) is 7.11 Å². The molecule has 3 rings (SSSR count). The van der Waals surface area contributed by atoms with E-state index in [2.05, 4.69) is 53.2 Å². The van der Waals surface area contributed by atoms with Crippen molar-refractivity contribution in [1.82, 2.24) is 9.88 Å². The molecule has 0 radical (unpaired) electrons. The van der Waals surface area contributed by atoms with E-state index >= 15 is 0 Å². The van der Waals surface area contributed by atoms with Crippen molar-refractivity contribution < 1.29 is 4.74 Å². The van der Waals surface area contributed by atoms with Crippen LogP contribution in [-0.2, 0) is 6.54 Å². The molecule has 1 atom stereocenters. The highest BCUT2D eigenvalue weighted by atomic mass is 16.5. The van der Waals surface area contributed by atoms with E-state index in [1.165, 1.54) is 11.1 Å². The normalized spacial score (nSPS) is 12.1. The fraction of sp³-hybridized carbons (Fsp3) is 0.200. The lowest BCUT2D eigenvalue weighted by Gasteiger charge is -2.16. The van der Waals surface area contributed by atoms with E-state index in [9.17, 15) is 0 Å². The molecule has 1 heterocycles. The molecule has 0 aliphatic heterocycles. The summed E-state index contributed by atoms with van der Waals surface area (Å²) in [5.74, 6) is 0.876. The molecule has 0 saturated carbocycles. The highest BCUT2D eigenvalue weighted by Gasteiger charge is 2.08. The first-order chi connectivity index (χ1) is 11.3. The maximum atomic E-state index is 5.48. The van der Waals surface area contributed by atoms with Crippen molar-refractivity contribution in [1.29, 1.82) is 0 Å². The van der Waals surface area contributed by atoms with E-state index in [4.69, 9.17) is 4.74 Å². The van der Waals surface area contributed by atoms with Gasteiger partial charge in [-0.25, -0.2) is 0 Å². The minimum Gasteiger partial charge on any atom is -0.495 e. The van der Waals surface area contributed by atoms with Crippen LogP contribution in [0.4, 0.5) is 0 Å². The molecule has 1 aromatic heterocycles. The molecule has 0 fully saturated rings. The summed E-state index contributed by atoms with van der Waals surface area (Å²) in [5, 5.41) is 3.58. The van der Waals surface area contributed by atoms with Crippen molar-refractivity contribution >= 4 is 0 Å². The first-order valence-electron chi connectivity index (χ1n) is 7.86. The van der Waals surface area contributed by atoms with Gasteiger partial charge in [0.25, 0.3) is 0 Å². The van der Waals surface area contributed by atoms with Gasteiger partial charge in [-0.2, -0.15) is 0 Å². The van der Waals surface area contributed by atoms with Crippen LogP contribution in [0, 0.1) is 0 Å². The zero-order valence-corrected chi connectivity index (χ0v) is 13.6.